The van der Waals surface area contributed by atoms with Gasteiger partial charge in [0.15, 0.2) is 10.8 Å². The molecule has 0 atom stereocenters. The summed E-state index contributed by atoms with van der Waals surface area (Å²) in [6.07, 6.45) is 3.99. The van der Waals surface area contributed by atoms with E-state index in [2.05, 4.69) is 21.9 Å². The Kier molecular flexibility index (Phi) is 3.10. The SMILES string of the molecule is CCOC(=O)c1cnc2nc(N(C)C3CC3)sc2c1. The lowest BCUT2D eigenvalue weighted by molar-refractivity contribution is 0.0526. The number of anilines is 1. The quantitative estimate of drug-likeness (QED) is 0.804. The molecule has 0 saturated heterocycles. The molecule has 0 N–H and O–H groups in total. The van der Waals surface area contributed by atoms with Gasteiger partial charge in [0.1, 0.15) is 0 Å². The second-order valence-electron chi connectivity index (χ2n) is 4.60. The fourth-order valence-electron chi connectivity index (χ4n) is 1.90. The van der Waals surface area contributed by atoms with Crippen LogP contribution in [0.3, 0.4) is 0 Å². The van der Waals surface area contributed by atoms with E-state index in [4.69, 9.17) is 4.74 Å². The topological polar surface area (TPSA) is 55.3 Å². The highest BCUT2D eigenvalue weighted by Gasteiger charge is 2.28. The molecule has 0 spiro atoms. The van der Waals surface area contributed by atoms with Crippen LogP contribution >= 0.6 is 11.3 Å². The van der Waals surface area contributed by atoms with E-state index in [1.54, 1.807) is 18.3 Å². The molecule has 0 aliphatic heterocycles. The van der Waals surface area contributed by atoms with Gasteiger partial charge in [-0.2, -0.15) is 4.98 Å². The number of fused-ring (bicyclic) bond motifs is 1. The van der Waals surface area contributed by atoms with Crippen molar-refractivity contribution in [3.8, 4) is 0 Å². The average molecular weight is 277 g/mol. The lowest BCUT2D eigenvalue weighted by Gasteiger charge is -2.13. The number of thiazole rings is 1. The van der Waals surface area contributed by atoms with Crippen molar-refractivity contribution in [2.45, 2.75) is 25.8 Å². The summed E-state index contributed by atoms with van der Waals surface area (Å²) in [6, 6.07) is 2.42. The molecule has 6 heteroatoms. The first-order chi connectivity index (χ1) is 9.19. The summed E-state index contributed by atoms with van der Waals surface area (Å²) in [6.45, 7) is 2.16. The van der Waals surface area contributed by atoms with Crippen LogP contribution in [-0.2, 0) is 4.74 Å². The molecule has 2 aromatic rings. The molecule has 0 amide bonds. The summed E-state index contributed by atoms with van der Waals surface area (Å²) >= 11 is 1.57. The number of carbonyl (C=O) groups excluding carboxylic acids is 1. The van der Waals surface area contributed by atoms with Gasteiger partial charge in [-0.05, 0) is 25.8 Å². The van der Waals surface area contributed by atoms with Gasteiger partial charge >= 0.3 is 5.97 Å². The maximum Gasteiger partial charge on any atom is 0.339 e. The lowest BCUT2D eigenvalue weighted by atomic mass is 10.3. The maximum atomic E-state index is 11.7. The second-order valence-corrected chi connectivity index (χ2v) is 5.61. The molecule has 0 radical (unpaired) electrons. The molecular weight excluding hydrogens is 262 g/mol. The van der Waals surface area contributed by atoms with Gasteiger partial charge in [0, 0.05) is 19.3 Å². The fourth-order valence-corrected chi connectivity index (χ4v) is 2.90. The zero-order valence-corrected chi connectivity index (χ0v) is 11.7. The van der Waals surface area contributed by atoms with Crippen molar-refractivity contribution in [2.75, 3.05) is 18.6 Å². The summed E-state index contributed by atoms with van der Waals surface area (Å²) in [5, 5.41) is 0.964. The highest BCUT2D eigenvalue weighted by Crippen LogP contribution is 2.34. The summed E-state index contributed by atoms with van der Waals surface area (Å²) in [4.78, 5) is 22.6. The Labute approximate surface area is 115 Å². The molecule has 19 heavy (non-hydrogen) atoms. The van der Waals surface area contributed by atoms with Gasteiger partial charge in [-0.15, -0.1) is 0 Å². The first kappa shape index (κ1) is 12.3. The van der Waals surface area contributed by atoms with Gasteiger partial charge in [-0.25, -0.2) is 9.78 Å². The van der Waals surface area contributed by atoms with Crippen molar-refractivity contribution in [1.82, 2.24) is 9.97 Å². The first-order valence-electron chi connectivity index (χ1n) is 6.35. The van der Waals surface area contributed by atoms with Crippen LogP contribution in [0.1, 0.15) is 30.1 Å². The minimum absolute atomic E-state index is 0.331. The molecule has 0 bridgehead atoms. The predicted molar refractivity (Wildman–Crippen MR) is 74.8 cm³/mol. The van der Waals surface area contributed by atoms with Crippen molar-refractivity contribution in [3.63, 3.8) is 0 Å². The summed E-state index contributed by atoms with van der Waals surface area (Å²) in [5.74, 6) is -0.331. The fraction of sp³-hybridized carbons (Fsp3) is 0.462. The molecule has 1 fully saturated rings. The largest absolute Gasteiger partial charge is 0.462 e. The van der Waals surface area contributed by atoms with Gasteiger partial charge in [-0.1, -0.05) is 11.3 Å². The van der Waals surface area contributed by atoms with Crippen molar-refractivity contribution in [2.24, 2.45) is 0 Å². The van der Waals surface area contributed by atoms with E-state index in [0.717, 1.165) is 9.83 Å². The number of carbonyl (C=O) groups is 1. The summed E-state index contributed by atoms with van der Waals surface area (Å²) in [5.41, 5.74) is 1.18. The molecule has 5 nitrogen and oxygen atoms in total. The Balaban J connectivity index is 1.92. The standard InChI is InChI=1S/C13H15N3O2S/c1-3-18-12(17)8-6-10-11(14-7-8)15-13(19-10)16(2)9-4-5-9/h6-7,9H,3-5H2,1-2H3. The number of hydrogen-bond donors (Lipinski definition) is 0. The number of rotatable bonds is 4. The van der Waals surface area contributed by atoms with E-state index < -0.39 is 0 Å². The number of hydrogen-bond acceptors (Lipinski definition) is 6. The van der Waals surface area contributed by atoms with E-state index in [9.17, 15) is 4.79 Å². The third-order valence-corrected chi connectivity index (χ3v) is 4.23. The van der Waals surface area contributed by atoms with Gasteiger partial charge in [0.25, 0.3) is 0 Å². The van der Waals surface area contributed by atoms with Gasteiger partial charge in [0.05, 0.1) is 16.9 Å². The number of ether oxygens (including phenoxy) is 1. The molecule has 1 saturated carbocycles. The summed E-state index contributed by atoms with van der Waals surface area (Å²) < 4.78 is 5.90. The zero-order valence-electron chi connectivity index (χ0n) is 10.9. The minimum Gasteiger partial charge on any atom is -0.462 e. The van der Waals surface area contributed by atoms with Gasteiger partial charge in [0.2, 0.25) is 0 Å². The van der Waals surface area contributed by atoms with Crippen molar-refractivity contribution < 1.29 is 9.53 Å². The third kappa shape index (κ3) is 2.40. The van der Waals surface area contributed by atoms with Crippen LogP contribution in [0, 0.1) is 0 Å². The Hall–Kier alpha value is -1.69. The average Bonchev–Trinajstić information content (AvgIpc) is 3.16. The monoisotopic (exact) mass is 277 g/mol. The van der Waals surface area contributed by atoms with E-state index in [1.807, 2.05) is 6.07 Å². The second kappa shape index (κ2) is 4.77. The van der Waals surface area contributed by atoms with E-state index in [-0.39, 0.29) is 5.97 Å². The first-order valence-corrected chi connectivity index (χ1v) is 7.17. The molecular formula is C13H15N3O2S. The maximum absolute atomic E-state index is 11.7. The van der Waals surface area contributed by atoms with Crippen LogP contribution in [0.2, 0.25) is 0 Å². The molecule has 0 unspecified atom stereocenters. The number of nitrogens with zero attached hydrogens (tertiary/aromatic N) is 3. The van der Waals surface area contributed by atoms with Crippen LogP contribution in [0.25, 0.3) is 10.3 Å². The van der Waals surface area contributed by atoms with Crippen LogP contribution < -0.4 is 4.90 Å². The Morgan fingerprint density at radius 3 is 3.05 bits per heavy atom. The third-order valence-electron chi connectivity index (χ3n) is 3.14. The van der Waals surface area contributed by atoms with Crippen LogP contribution in [-0.4, -0.2) is 35.6 Å². The zero-order chi connectivity index (χ0) is 13.4. The normalized spacial score (nSPS) is 14.6. The van der Waals surface area contributed by atoms with Crippen molar-refractivity contribution in [1.29, 1.82) is 0 Å². The lowest BCUT2D eigenvalue weighted by Crippen LogP contribution is -2.18. The number of pyridine rings is 1. The number of aromatic nitrogens is 2. The van der Waals surface area contributed by atoms with Crippen molar-refractivity contribution in [3.05, 3.63) is 17.8 Å². The Morgan fingerprint density at radius 1 is 1.58 bits per heavy atom. The molecule has 1 aliphatic carbocycles. The molecule has 3 rings (SSSR count). The van der Waals surface area contributed by atoms with E-state index >= 15 is 0 Å². The Bertz CT molecular complexity index is 621. The molecule has 2 heterocycles. The van der Waals surface area contributed by atoms with E-state index in [0.29, 0.717) is 23.9 Å². The summed E-state index contributed by atoms with van der Waals surface area (Å²) in [7, 11) is 2.06. The van der Waals surface area contributed by atoms with Gasteiger partial charge < -0.3 is 9.64 Å². The molecule has 0 aromatic carbocycles. The molecule has 2 aromatic heterocycles. The smallest absolute Gasteiger partial charge is 0.339 e. The van der Waals surface area contributed by atoms with Crippen LogP contribution in [0.4, 0.5) is 5.13 Å². The predicted octanol–water partition coefficient (Wildman–Crippen LogP) is 2.47. The van der Waals surface area contributed by atoms with Crippen LogP contribution in [0.5, 0.6) is 0 Å². The van der Waals surface area contributed by atoms with E-state index in [1.165, 1.54) is 19.0 Å². The molecule has 100 valence electrons. The number of esters is 1. The Morgan fingerprint density at radius 2 is 2.37 bits per heavy atom. The van der Waals surface area contributed by atoms with Crippen LogP contribution in [0.15, 0.2) is 12.3 Å². The minimum atomic E-state index is -0.331. The van der Waals surface area contributed by atoms with Gasteiger partial charge in [-0.3, -0.25) is 0 Å². The molecule has 1 aliphatic rings. The van der Waals surface area contributed by atoms with Crippen molar-refractivity contribution >= 4 is 32.8 Å². The highest BCUT2D eigenvalue weighted by molar-refractivity contribution is 7.22. The highest BCUT2D eigenvalue weighted by atomic mass is 32.1.